The van der Waals surface area contributed by atoms with Crippen molar-refractivity contribution in [3.8, 4) is 21.8 Å². The summed E-state index contributed by atoms with van der Waals surface area (Å²) in [6, 6.07) is 16.7. The van der Waals surface area contributed by atoms with Gasteiger partial charge >= 0.3 is 0 Å². The van der Waals surface area contributed by atoms with Crippen molar-refractivity contribution in [3.05, 3.63) is 65.9 Å². The monoisotopic (exact) mass is 305 g/mol. The molecule has 2 aromatic heterocycles. The first kappa shape index (κ1) is 13.2. The van der Waals surface area contributed by atoms with Crippen molar-refractivity contribution in [3.63, 3.8) is 0 Å². The standard InChI is InChI=1S/C18H15N3S/c1-12-7-9-14(10-8-12)16-11-21-18(19-16)22-17(20-21)15-6-4-3-5-13(15)2/h3-11H,1-2H3. The molecule has 0 fully saturated rings. The van der Waals surface area contributed by atoms with Crippen molar-refractivity contribution in [2.45, 2.75) is 13.8 Å². The van der Waals surface area contributed by atoms with Crippen LogP contribution in [0.15, 0.2) is 54.7 Å². The van der Waals surface area contributed by atoms with Gasteiger partial charge in [0.2, 0.25) is 4.96 Å². The van der Waals surface area contributed by atoms with E-state index < -0.39 is 0 Å². The maximum atomic E-state index is 4.71. The molecule has 0 N–H and O–H groups in total. The molecule has 0 aliphatic rings. The SMILES string of the molecule is Cc1ccc(-c2cn3nc(-c4ccccc4C)sc3n2)cc1. The van der Waals surface area contributed by atoms with Crippen molar-refractivity contribution in [2.24, 2.45) is 0 Å². The fraction of sp³-hybridized carbons (Fsp3) is 0.111. The zero-order chi connectivity index (χ0) is 15.1. The zero-order valence-electron chi connectivity index (χ0n) is 12.4. The van der Waals surface area contributed by atoms with E-state index in [0.29, 0.717) is 0 Å². The van der Waals surface area contributed by atoms with Gasteiger partial charge in [0.15, 0.2) is 0 Å². The number of aromatic nitrogens is 3. The molecule has 4 aromatic rings. The Hall–Kier alpha value is -2.46. The predicted octanol–water partition coefficient (Wildman–Crippen LogP) is 4.74. The largest absolute Gasteiger partial charge is 0.217 e. The highest BCUT2D eigenvalue weighted by Crippen LogP contribution is 2.29. The molecule has 0 saturated carbocycles. The number of benzene rings is 2. The molecule has 2 heterocycles. The predicted molar refractivity (Wildman–Crippen MR) is 91.2 cm³/mol. The number of nitrogens with zero attached hydrogens (tertiary/aromatic N) is 3. The van der Waals surface area contributed by atoms with Crippen molar-refractivity contribution in [1.82, 2.24) is 14.6 Å². The molecule has 0 spiro atoms. The lowest BCUT2D eigenvalue weighted by Gasteiger charge is -1.99. The molecular formula is C18H15N3S. The Morgan fingerprint density at radius 1 is 0.955 bits per heavy atom. The highest BCUT2D eigenvalue weighted by molar-refractivity contribution is 7.19. The molecule has 0 atom stereocenters. The van der Waals surface area contributed by atoms with E-state index >= 15 is 0 Å². The number of hydrogen-bond acceptors (Lipinski definition) is 3. The van der Waals surface area contributed by atoms with Gasteiger partial charge in [0.1, 0.15) is 5.01 Å². The second-order valence-corrected chi connectivity index (χ2v) is 6.40. The van der Waals surface area contributed by atoms with Crippen molar-refractivity contribution >= 4 is 16.3 Å². The molecule has 3 nitrogen and oxygen atoms in total. The second kappa shape index (κ2) is 5.07. The number of rotatable bonds is 2. The molecule has 0 radical (unpaired) electrons. The summed E-state index contributed by atoms with van der Waals surface area (Å²) in [7, 11) is 0. The number of fused-ring (bicyclic) bond motifs is 1. The van der Waals surface area contributed by atoms with Gasteiger partial charge in [-0.15, -0.1) is 0 Å². The van der Waals surface area contributed by atoms with Crippen LogP contribution in [0.2, 0.25) is 0 Å². The Balaban J connectivity index is 1.77. The summed E-state index contributed by atoms with van der Waals surface area (Å²) in [5, 5.41) is 5.69. The molecule has 108 valence electrons. The molecule has 0 aliphatic heterocycles. The molecule has 22 heavy (non-hydrogen) atoms. The molecule has 0 bridgehead atoms. The lowest BCUT2D eigenvalue weighted by molar-refractivity contribution is 0.978. The van der Waals surface area contributed by atoms with Gasteiger partial charge in [-0.1, -0.05) is 65.4 Å². The smallest absolute Gasteiger partial charge is 0.213 e. The van der Waals surface area contributed by atoms with Crippen LogP contribution >= 0.6 is 11.3 Å². The van der Waals surface area contributed by atoms with E-state index in [-0.39, 0.29) is 0 Å². The maximum absolute atomic E-state index is 4.71. The van der Waals surface area contributed by atoms with Crippen LogP contribution in [0.5, 0.6) is 0 Å². The molecule has 4 rings (SSSR count). The fourth-order valence-corrected chi connectivity index (χ4v) is 3.46. The Morgan fingerprint density at radius 3 is 2.45 bits per heavy atom. The van der Waals surface area contributed by atoms with Crippen LogP contribution < -0.4 is 0 Å². The highest BCUT2D eigenvalue weighted by atomic mass is 32.1. The van der Waals surface area contributed by atoms with E-state index in [1.165, 1.54) is 16.7 Å². The van der Waals surface area contributed by atoms with E-state index in [9.17, 15) is 0 Å². The van der Waals surface area contributed by atoms with Gasteiger partial charge < -0.3 is 0 Å². The van der Waals surface area contributed by atoms with Crippen LogP contribution in [0.1, 0.15) is 11.1 Å². The summed E-state index contributed by atoms with van der Waals surface area (Å²) >= 11 is 1.62. The van der Waals surface area contributed by atoms with E-state index in [0.717, 1.165) is 21.2 Å². The second-order valence-electron chi connectivity index (χ2n) is 5.44. The Kier molecular flexibility index (Phi) is 3.05. The lowest BCUT2D eigenvalue weighted by Crippen LogP contribution is -1.85. The topological polar surface area (TPSA) is 30.2 Å². The van der Waals surface area contributed by atoms with Gasteiger partial charge in [-0.3, -0.25) is 0 Å². The van der Waals surface area contributed by atoms with Crippen LogP contribution in [0.3, 0.4) is 0 Å². The van der Waals surface area contributed by atoms with Crippen molar-refractivity contribution in [2.75, 3.05) is 0 Å². The van der Waals surface area contributed by atoms with Crippen LogP contribution in [-0.2, 0) is 0 Å². The first-order chi connectivity index (χ1) is 10.7. The average molecular weight is 305 g/mol. The van der Waals surface area contributed by atoms with E-state index in [2.05, 4.69) is 55.3 Å². The normalized spacial score (nSPS) is 11.2. The molecule has 0 amide bonds. The zero-order valence-corrected chi connectivity index (χ0v) is 13.3. The van der Waals surface area contributed by atoms with Gasteiger partial charge in [0.05, 0.1) is 11.9 Å². The average Bonchev–Trinajstić information content (AvgIpc) is 3.07. The summed E-state index contributed by atoms with van der Waals surface area (Å²) < 4.78 is 1.88. The summed E-state index contributed by atoms with van der Waals surface area (Å²) in [5.74, 6) is 0. The van der Waals surface area contributed by atoms with Crippen molar-refractivity contribution in [1.29, 1.82) is 0 Å². The Bertz CT molecular complexity index is 917. The number of imidazole rings is 1. The van der Waals surface area contributed by atoms with Gasteiger partial charge in [0, 0.05) is 11.1 Å². The van der Waals surface area contributed by atoms with E-state index in [1.54, 1.807) is 11.3 Å². The molecule has 0 unspecified atom stereocenters. The van der Waals surface area contributed by atoms with Crippen molar-refractivity contribution < 1.29 is 0 Å². The van der Waals surface area contributed by atoms with Crippen LogP contribution in [0.25, 0.3) is 26.8 Å². The van der Waals surface area contributed by atoms with Gasteiger partial charge in [-0.05, 0) is 19.4 Å². The number of aryl methyl sites for hydroxylation is 2. The maximum Gasteiger partial charge on any atom is 0.213 e. The highest BCUT2D eigenvalue weighted by Gasteiger charge is 2.12. The van der Waals surface area contributed by atoms with Gasteiger partial charge in [0.25, 0.3) is 0 Å². The molecule has 4 heteroatoms. The van der Waals surface area contributed by atoms with Crippen LogP contribution in [-0.4, -0.2) is 14.6 Å². The van der Waals surface area contributed by atoms with Gasteiger partial charge in [-0.25, -0.2) is 9.50 Å². The minimum atomic E-state index is 0.925. The first-order valence-corrected chi connectivity index (χ1v) is 8.01. The minimum Gasteiger partial charge on any atom is -0.217 e. The molecule has 0 saturated heterocycles. The fourth-order valence-electron chi connectivity index (χ4n) is 2.49. The van der Waals surface area contributed by atoms with Gasteiger partial charge in [-0.2, -0.15) is 5.10 Å². The number of hydrogen-bond donors (Lipinski definition) is 0. The molecule has 2 aromatic carbocycles. The minimum absolute atomic E-state index is 0.925. The van der Waals surface area contributed by atoms with E-state index in [1.807, 2.05) is 22.8 Å². The quantitative estimate of drug-likeness (QED) is 0.535. The van der Waals surface area contributed by atoms with Crippen LogP contribution in [0, 0.1) is 13.8 Å². The summed E-state index contributed by atoms with van der Waals surface area (Å²) in [6.45, 7) is 4.20. The van der Waals surface area contributed by atoms with E-state index in [4.69, 9.17) is 4.98 Å². The summed E-state index contributed by atoms with van der Waals surface area (Å²) in [4.78, 5) is 5.63. The molecular weight excluding hydrogens is 290 g/mol. The lowest BCUT2D eigenvalue weighted by atomic mass is 10.1. The first-order valence-electron chi connectivity index (χ1n) is 7.20. The Labute approximate surface area is 132 Å². The van der Waals surface area contributed by atoms with Crippen LogP contribution in [0.4, 0.5) is 0 Å². The third-order valence-electron chi connectivity index (χ3n) is 3.77. The summed E-state index contributed by atoms with van der Waals surface area (Å²) in [6.07, 6.45) is 2.00. The third kappa shape index (κ3) is 2.22. The summed E-state index contributed by atoms with van der Waals surface area (Å²) in [5.41, 5.74) is 5.76. The Morgan fingerprint density at radius 2 is 1.73 bits per heavy atom. The molecule has 0 aliphatic carbocycles. The third-order valence-corrected chi connectivity index (χ3v) is 4.72.